The van der Waals surface area contributed by atoms with E-state index in [9.17, 15) is 13.5 Å². The number of hydrogen-bond donors (Lipinski definition) is 1. The van der Waals surface area contributed by atoms with Gasteiger partial charge in [-0.2, -0.15) is 0 Å². The van der Waals surface area contributed by atoms with E-state index in [1.807, 2.05) is 55.6 Å². The van der Waals surface area contributed by atoms with Gasteiger partial charge in [-0.05, 0) is 47.9 Å². The van der Waals surface area contributed by atoms with Crippen LogP contribution in [0.3, 0.4) is 0 Å². The molecule has 0 amide bonds. The molecule has 3 atom stereocenters. The summed E-state index contributed by atoms with van der Waals surface area (Å²) in [6.07, 6.45) is 3.55. The zero-order chi connectivity index (χ0) is 21.6. The Morgan fingerprint density at radius 1 is 1.10 bits per heavy atom. The number of sulfonamides is 1. The first-order valence-electron chi connectivity index (χ1n) is 10.4. The Bertz CT molecular complexity index is 1200. The highest BCUT2D eigenvalue weighted by atomic mass is 32.2. The van der Waals surface area contributed by atoms with Crippen LogP contribution in [0.2, 0.25) is 0 Å². The Morgan fingerprint density at radius 3 is 2.68 bits per heavy atom. The van der Waals surface area contributed by atoms with Crippen molar-refractivity contribution in [2.75, 3.05) is 17.5 Å². The van der Waals surface area contributed by atoms with Crippen LogP contribution >= 0.6 is 0 Å². The van der Waals surface area contributed by atoms with Crippen LogP contribution in [-0.2, 0) is 16.6 Å². The van der Waals surface area contributed by atoms with Gasteiger partial charge in [0, 0.05) is 36.9 Å². The maximum atomic E-state index is 13.6. The fourth-order valence-electron chi connectivity index (χ4n) is 5.00. The van der Waals surface area contributed by atoms with Crippen LogP contribution in [0.1, 0.15) is 22.6 Å². The van der Waals surface area contributed by atoms with Gasteiger partial charge in [-0.25, -0.2) is 8.42 Å². The topological polar surface area (TPSA) is 73.7 Å². The Labute approximate surface area is 182 Å². The minimum Gasteiger partial charge on any atom is -0.395 e. The van der Waals surface area contributed by atoms with Gasteiger partial charge in [0.15, 0.2) is 0 Å². The van der Waals surface area contributed by atoms with Gasteiger partial charge < -0.3 is 5.11 Å². The van der Waals surface area contributed by atoms with Crippen molar-refractivity contribution in [3.05, 3.63) is 89.7 Å². The lowest BCUT2D eigenvalue weighted by Crippen LogP contribution is -2.68. The monoisotopic (exact) mass is 435 g/mol. The SMILES string of the molecule is Cc1cccc(S(=O)(=O)N2C[C@H]3[C@@H](c4ccccc42)[C@H](CO)N3Cc2cccnc2)c1. The summed E-state index contributed by atoms with van der Waals surface area (Å²) in [6.45, 7) is 2.91. The molecule has 2 aromatic carbocycles. The van der Waals surface area contributed by atoms with Gasteiger partial charge >= 0.3 is 0 Å². The second-order valence-electron chi connectivity index (χ2n) is 8.29. The molecule has 31 heavy (non-hydrogen) atoms. The van der Waals surface area contributed by atoms with E-state index in [2.05, 4.69) is 9.88 Å². The van der Waals surface area contributed by atoms with E-state index in [0.717, 1.165) is 16.7 Å². The van der Waals surface area contributed by atoms with Gasteiger partial charge in [-0.15, -0.1) is 0 Å². The largest absolute Gasteiger partial charge is 0.395 e. The van der Waals surface area contributed by atoms with Crippen molar-refractivity contribution in [3.8, 4) is 0 Å². The van der Waals surface area contributed by atoms with Crippen LogP contribution in [0.5, 0.6) is 0 Å². The molecule has 1 N–H and O–H groups in total. The number of pyridine rings is 1. The summed E-state index contributed by atoms with van der Waals surface area (Å²) in [5.74, 6) is 0.0989. The van der Waals surface area contributed by atoms with E-state index in [-0.39, 0.29) is 24.6 Å². The molecule has 1 aromatic heterocycles. The summed E-state index contributed by atoms with van der Waals surface area (Å²) in [5, 5.41) is 10.1. The first kappa shape index (κ1) is 20.2. The molecule has 2 aliphatic rings. The number of anilines is 1. The summed E-state index contributed by atoms with van der Waals surface area (Å²) >= 11 is 0. The minimum absolute atomic E-state index is 0.00756. The number of likely N-dealkylation sites (tertiary alicyclic amines) is 1. The van der Waals surface area contributed by atoms with E-state index in [4.69, 9.17) is 0 Å². The number of nitrogens with zero attached hydrogens (tertiary/aromatic N) is 3. The van der Waals surface area contributed by atoms with Crippen LogP contribution in [0.4, 0.5) is 5.69 Å². The van der Waals surface area contributed by atoms with Crippen LogP contribution in [-0.4, -0.2) is 48.6 Å². The molecule has 0 radical (unpaired) electrons. The second kappa shape index (κ2) is 7.75. The lowest BCUT2D eigenvalue weighted by Gasteiger charge is -2.59. The Balaban J connectivity index is 1.55. The summed E-state index contributed by atoms with van der Waals surface area (Å²) in [7, 11) is -3.71. The van der Waals surface area contributed by atoms with Gasteiger partial charge in [-0.3, -0.25) is 14.2 Å². The van der Waals surface area contributed by atoms with Crippen molar-refractivity contribution in [2.24, 2.45) is 0 Å². The van der Waals surface area contributed by atoms with Crippen LogP contribution in [0, 0.1) is 6.92 Å². The third-order valence-corrected chi connectivity index (χ3v) is 8.23. The standard InChI is InChI=1S/C24H25N3O3S/c1-17-6-4-8-19(12-17)31(29,30)27-15-22-24(20-9-2-3-10-21(20)27)23(16-28)26(22)14-18-7-5-11-25-13-18/h2-13,22-24,28H,14-16H2,1H3/t22-,23-,24+/m0/s1. The van der Waals surface area contributed by atoms with Gasteiger partial charge in [0.25, 0.3) is 10.0 Å². The van der Waals surface area contributed by atoms with Crippen LogP contribution in [0.25, 0.3) is 0 Å². The Kier molecular flexibility index (Phi) is 5.04. The van der Waals surface area contributed by atoms with Crippen molar-refractivity contribution >= 4 is 15.7 Å². The van der Waals surface area contributed by atoms with E-state index >= 15 is 0 Å². The highest BCUT2D eigenvalue weighted by Crippen LogP contribution is 2.49. The molecule has 2 aliphatic heterocycles. The zero-order valence-electron chi connectivity index (χ0n) is 17.3. The number of aryl methyl sites for hydroxylation is 1. The number of aliphatic hydroxyl groups is 1. The molecular formula is C24H25N3O3S. The normalized spacial score (nSPS) is 23.0. The third kappa shape index (κ3) is 3.33. The van der Waals surface area contributed by atoms with Crippen molar-refractivity contribution in [1.82, 2.24) is 9.88 Å². The average Bonchev–Trinajstić information content (AvgIpc) is 2.78. The molecule has 6 nitrogen and oxygen atoms in total. The molecule has 0 unspecified atom stereocenters. The molecule has 7 heteroatoms. The number of hydrogen-bond acceptors (Lipinski definition) is 5. The number of para-hydroxylation sites is 1. The molecule has 3 heterocycles. The molecule has 1 saturated heterocycles. The fourth-order valence-corrected chi connectivity index (χ4v) is 6.61. The van der Waals surface area contributed by atoms with Gasteiger partial charge in [-0.1, -0.05) is 36.4 Å². The Morgan fingerprint density at radius 2 is 1.94 bits per heavy atom. The molecule has 0 aliphatic carbocycles. The highest BCUT2D eigenvalue weighted by Gasteiger charge is 2.53. The van der Waals surface area contributed by atoms with E-state index in [0.29, 0.717) is 23.7 Å². The van der Waals surface area contributed by atoms with E-state index < -0.39 is 10.0 Å². The number of fused-ring (bicyclic) bond motifs is 3. The minimum atomic E-state index is -3.71. The number of aliphatic hydroxyl groups excluding tert-OH is 1. The quantitative estimate of drug-likeness (QED) is 0.667. The third-order valence-electron chi connectivity index (χ3n) is 6.45. The molecular weight excluding hydrogens is 410 g/mol. The lowest BCUT2D eigenvalue weighted by molar-refractivity contribution is -0.0478. The van der Waals surface area contributed by atoms with Gasteiger partial charge in [0.1, 0.15) is 0 Å². The number of aromatic nitrogens is 1. The fraction of sp³-hybridized carbons (Fsp3) is 0.292. The molecule has 0 saturated carbocycles. The van der Waals surface area contributed by atoms with Gasteiger partial charge in [0.05, 0.1) is 23.7 Å². The molecule has 160 valence electrons. The van der Waals surface area contributed by atoms with Crippen molar-refractivity contribution < 1.29 is 13.5 Å². The first-order valence-corrected chi connectivity index (χ1v) is 11.9. The summed E-state index contributed by atoms with van der Waals surface area (Å²) in [4.78, 5) is 6.70. The zero-order valence-corrected chi connectivity index (χ0v) is 18.1. The Hall–Kier alpha value is -2.74. The summed E-state index contributed by atoms with van der Waals surface area (Å²) < 4.78 is 28.8. The predicted octanol–water partition coefficient (Wildman–Crippen LogP) is 2.93. The number of benzene rings is 2. The number of rotatable bonds is 5. The maximum Gasteiger partial charge on any atom is 0.264 e. The average molecular weight is 436 g/mol. The smallest absolute Gasteiger partial charge is 0.264 e. The molecule has 3 aromatic rings. The second-order valence-corrected chi connectivity index (χ2v) is 10.2. The van der Waals surface area contributed by atoms with E-state index in [1.54, 1.807) is 28.7 Å². The van der Waals surface area contributed by atoms with Crippen LogP contribution < -0.4 is 4.31 Å². The van der Waals surface area contributed by atoms with Crippen molar-refractivity contribution in [2.45, 2.75) is 36.4 Å². The van der Waals surface area contributed by atoms with Crippen LogP contribution in [0.15, 0.2) is 78.0 Å². The van der Waals surface area contributed by atoms with E-state index in [1.165, 1.54) is 0 Å². The lowest BCUT2D eigenvalue weighted by atomic mass is 9.72. The molecule has 0 bridgehead atoms. The first-order chi connectivity index (χ1) is 15.0. The maximum absolute atomic E-state index is 13.6. The summed E-state index contributed by atoms with van der Waals surface area (Å²) in [5.41, 5.74) is 3.65. The summed E-state index contributed by atoms with van der Waals surface area (Å²) in [6, 6.07) is 18.6. The predicted molar refractivity (Wildman–Crippen MR) is 119 cm³/mol. The van der Waals surface area contributed by atoms with Crippen molar-refractivity contribution in [3.63, 3.8) is 0 Å². The highest BCUT2D eigenvalue weighted by molar-refractivity contribution is 7.92. The van der Waals surface area contributed by atoms with Crippen molar-refractivity contribution in [1.29, 1.82) is 0 Å². The molecule has 5 rings (SSSR count). The van der Waals surface area contributed by atoms with Gasteiger partial charge in [0.2, 0.25) is 0 Å². The molecule has 1 fully saturated rings. The molecule has 0 spiro atoms.